The zero-order valence-corrected chi connectivity index (χ0v) is 18.5. The van der Waals surface area contributed by atoms with Crippen molar-refractivity contribution in [2.45, 2.75) is 53.0 Å². The van der Waals surface area contributed by atoms with Crippen LogP contribution in [0.3, 0.4) is 0 Å². The van der Waals surface area contributed by atoms with Gasteiger partial charge in [-0.2, -0.15) is 0 Å². The van der Waals surface area contributed by atoms with Crippen LogP contribution in [0.2, 0.25) is 0 Å². The summed E-state index contributed by atoms with van der Waals surface area (Å²) in [5.74, 6) is -1.29. The van der Waals surface area contributed by atoms with Crippen molar-refractivity contribution in [3.05, 3.63) is 48.0 Å². The Morgan fingerprint density at radius 3 is 2.27 bits per heavy atom. The molecule has 0 saturated carbocycles. The Morgan fingerprint density at radius 2 is 1.57 bits per heavy atom. The third kappa shape index (κ3) is 7.85. The number of hydrogen-bond donors (Lipinski definition) is 2. The van der Waals surface area contributed by atoms with E-state index in [-0.39, 0.29) is 36.8 Å². The van der Waals surface area contributed by atoms with Crippen molar-refractivity contribution in [2.24, 2.45) is 5.41 Å². The topological polar surface area (TPSA) is 84.5 Å². The first-order valence-corrected chi connectivity index (χ1v) is 10.2. The zero-order chi connectivity index (χ0) is 22.4. The summed E-state index contributed by atoms with van der Waals surface area (Å²) in [6.07, 6.45) is 0.944. The highest BCUT2D eigenvalue weighted by atomic mass is 16.5. The van der Waals surface area contributed by atoms with E-state index in [1.807, 2.05) is 56.3 Å². The number of esters is 1. The molecule has 30 heavy (non-hydrogen) atoms. The van der Waals surface area contributed by atoms with Gasteiger partial charge in [0.2, 0.25) is 5.91 Å². The van der Waals surface area contributed by atoms with Crippen molar-refractivity contribution in [2.75, 3.05) is 13.2 Å². The molecule has 0 saturated heterocycles. The first-order chi connectivity index (χ1) is 14.0. The molecular formula is C24H32N2O4. The molecule has 0 bridgehead atoms. The summed E-state index contributed by atoms with van der Waals surface area (Å²) in [7, 11) is 0. The number of benzene rings is 2. The molecule has 0 radical (unpaired) electrons. The molecule has 162 valence electrons. The Morgan fingerprint density at radius 1 is 0.900 bits per heavy atom. The largest absolute Gasteiger partial charge is 0.454 e. The molecule has 0 spiro atoms. The van der Waals surface area contributed by atoms with E-state index >= 15 is 0 Å². The summed E-state index contributed by atoms with van der Waals surface area (Å²) in [5.41, 5.74) is 0.537. The fraction of sp³-hybridized carbons (Fsp3) is 0.458. The first-order valence-electron chi connectivity index (χ1n) is 10.2. The van der Waals surface area contributed by atoms with E-state index in [1.54, 1.807) is 0 Å². The summed E-state index contributed by atoms with van der Waals surface area (Å²) < 4.78 is 4.98. The third-order valence-corrected chi connectivity index (χ3v) is 4.48. The Kier molecular flexibility index (Phi) is 7.59. The molecule has 0 aliphatic carbocycles. The second-order valence-corrected chi connectivity index (χ2v) is 9.42. The first kappa shape index (κ1) is 23.4. The zero-order valence-electron chi connectivity index (χ0n) is 18.5. The average Bonchev–Trinajstić information content (AvgIpc) is 2.62. The van der Waals surface area contributed by atoms with Crippen LogP contribution >= 0.6 is 0 Å². The Hall–Kier alpha value is -2.89. The fourth-order valence-electron chi connectivity index (χ4n) is 3.83. The number of carbonyl (C=O) groups excluding carboxylic acids is 3. The summed E-state index contributed by atoms with van der Waals surface area (Å²) in [5, 5.41) is 7.50. The SMILES string of the molecule is CC(C)(C)CC(C)(C)NC(=O)COC(=O)CNC(=O)Cc1cccc2ccccc12. The van der Waals surface area contributed by atoms with Crippen LogP contribution in [-0.2, 0) is 25.5 Å². The van der Waals surface area contributed by atoms with Gasteiger partial charge in [0.05, 0.1) is 6.42 Å². The Bertz CT molecular complexity index is 908. The second kappa shape index (κ2) is 9.74. The molecule has 6 heteroatoms. The molecule has 2 amide bonds. The number of fused-ring (bicyclic) bond motifs is 1. The minimum Gasteiger partial charge on any atom is -0.454 e. The number of carbonyl (C=O) groups is 3. The van der Waals surface area contributed by atoms with Gasteiger partial charge in [0.15, 0.2) is 6.61 Å². The van der Waals surface area contributed by atoms with Gasteiger partial charge >= 0.3 is 5.97 Å². The maximum Gasteiger partial charge on any atom is 0.325 e. The van der Waals surface area contributed by atoms with Crippen LogP contribution < -0.4 is 10.6 Å². The van der Waals surface area contributed by atoms with Gasteiger partial charge in [-0.3, -0.25) is 14.4 Å². The van der Waals surface area contributed by atoms with E-state index in [0.29, 0.717) is 0 Å². The van der Waals surface area contributed by atoms with Crippen LogP contribution in [0.25, 0.3) is 10.8 Å². The number of amides is 2. The summed E-state index contributed by atoms with van der Waals surface area (Å²) in [6.45, 7) is 9.52. The number of ether oxygens (including phenoxy) is 1. The van der Waals surface area contributed by atoms with Crippen LogP contribution in [0.15, 0.2) is 42.5 Å². The predicted octanol–water partition coefficient (Wildman–Crippen LogP) is 3.37. The van der Waals surface area contributed by atoms with Gasteiger partial charge in [-0.1, -0.05) is 63.2 Å². The Labute approximate surface area is 178 Å². The van der Waals surface area contributed by atoms with Crippen LogP contribution in [0, 0.1) is 5.41 Å². The van der Waals surface area contributed by atoms with Crippen molar-refractivity contribution in [3.8, 4) is 0 Å². The van der Waals surface area contributed by atoms with Gasteiger partial charge < -0.3 is 15.4 Å². The van der Waals surface area contributed by atoms with Crippen LogP contribution in [-0.4, -0.2) is 36.5 Å². The highest BCUT2D eigenvalue weighted by Crippen LogP contribution is 2.26. The lowest BCUT2D eigenvalue weighted by Crippen LogP contribution is -2.47. The van der Waals surface area contributed by atoms with E-state index in [1.165, 1.54) is 0 Å². The van der Waals surface area contributed by atoms with Gasteiger partial charge in [-0.25, -0.2) is 0 Å². The molecule has 0 aromatic heterocycles. The van der Waals surface area contributed by atoms with E-state index in [4.69, 9.17) is 4.74 Å². The second-order valence-electron chi connectivity index (χ2n) is 9.42. The van der Waals surface area contributed by atoms with Crippen molar-refractivity contribution in [1.82, 2.24) is 10.6 Å². The maximum absolute atomic E-state index is 12.2. The summed E-state index contributed by atoms with van der Waals surface area (Å²) in [4.78, 5) is 36.2. The number of rotatable bonds is 8. The third-order valence-electron chi connectivity index (χ3n) is 4.48. The summed E-state index contributed by atoms with van der Waals surface area (Å²) in [6, 6.07) is 13.6. The molecule has 0 aliphatic heterocycles. The minimum atomic E-state index is -0.648. The summed E-state index contributed by atoms with van der Waals surface area (Å²) >= 11 is 0. The van der Waals surface area contributed by atoms with Crippen LogP contribution in [0.5, 0.6) is 0 Å². The molecule has 0 aliphatic rings. The lowest BCUT2D eigenvalue weighted by atomic mass is 9.82. The Balaban J connectivity index is 1.76. The monoisotopic (exact) mass is 412 g/mol. The average molecular weight is 413 g/mol. The van der Waals surface area contributed by atoms with Crippen molar-refractivity contribution >= 4 is 28.6 Å². The molecule has 0 heterocycles. The van der Waals surface area contributed by atoms with Crippen molar-refractivity contribution in [3.63, 3.8) is 0 Å². The van der Waals surface area contributed by atoms with Crippen LogP contribution in [0.1, 0.15) is 46.6 Å². The van der Waals surface area contributed by atoms with Gasteiger partial charge in [-0.05, 0) is 42.0 Å². The highest BCUT2D eigenvalue weighted by molar-refractivity contribution is 5.91. The van der Waals surface area contributed by atoms with Gasteiger partial charge in [0, 0.05) is 5.54 Å². The van der Waals surface area contributed by atoms with E-state index in [0.717, 1.165) is 22.8 Å². The molecule has 6 nitrogen and oxygen atoms in total. The molecule has 2 aromatic rings. The lowest BCUT2D eigenvalue weighted by Gasteiger charge is -2.33. The van der Waals surface area contributed by atoms with Crippen molar-refractivity contribution < 1.29 is 19.1 Å². The number of hydrogen-bond acceptors (Lipinski definition) is 4. The molecule has 0 atom stereocenters. The lowest BCUT2D eigenvalue weighted by molar-refractivity contribution is -0.148. The van der Waals surface area contributed by atoms with Gasteiger partial charge in [0.1, 0.15) is 6.54 Å². The van der Waals surface area contributed by atoms with E-state index in [2.05, 4.69) is 31.4 Å². The molecule has 0 unspecified atom stereocenters. The molecule has 2 rings (SSSR count). The standard InChI is InChI=1S/C24H32N2O4/c1-23(2,3)16-24(4,5)26-21(28)15-30-22(29)14-25-20(27)13-18-11-8-10-17-9-6-7-12-19(17)18/h6-12H,13-16H2,1-5H3,(H,25,27)(H,26,28). The van der Waals surface area contributed by atoms with Gasteiger partial charge in [-0.15, -0.1) is 0 Å². The molecule has 2 N–H and O–H groups in total. The number of nitrogens with one attached hydrogen (secondary N) is 2. The maximum atomic E-state index is 12.2. The quantitative estimate of drug-likeness (QED) is 0.651. The smallest absolute Gasteiger partial charge is 0.325 e. The van der Waals surface area contributed by atoms with Crippen molar-refractivity contribution in [1.29, 1.82) is 0 Å². The molecule has 0 fully saturated rings. The van der Waals surface area contributed by atoms with Crippen LogP contribution in [0.4, 0.5) is 0 Å². The van der Waals surface area contributed by atoms with Gasteiger partial charge in [0.25, 0.3) is 5.91 Å². The normalized spacial score (nSPS) is 11.8. The molecular weight excluding hydrogens is 380 g/mol. The predicted molar refractivity (Wildman–Crippen MR) is 118 cm³/mol. The van der Waals surface area contributed by atoms with E-state index < -0.39 is 11.5 Å². The minimum absolute atomic E-state index is 0.0574. The highest BCUT2D eigenvalue weighted by Gasteiger charge is 2.27. The molecule has 2 aromatic carbocycles. The fourth-order valence-corrected chi connectivity index (χ4v) is 3.83. The van der Waals surface area contributed by atoms with E-state index in [9.17, 15) is 14.4 Å².